The van der Waals surface area contributed by atoms with Gasteiger partial charge in [-0.15, -0.1) is 12.4 Å². The van der Waals surface area contributed by atoms with Crippen LogP contribution in [-0.4, -0.2) is 34.3 Å². The first-order valence-corrected chi connectivity index (χ1v) is 6.85. The van der Waals surface area contributed by atoms with Gasteiger partial charge in [-0.1, -0.05) is 6.42 Å². The van der Waals surface area contributed by atoms with Gasteiger partial charge in [0.05, 0.1) is 5.75 Å². The van der Waals surface area contributed by atoms with E-state index >= 15 is 0 Å². The predicted octanol–water partition coefficient (Wildman–Crippen LogP) is 0.347. The number of rotatable bonds is 3. The van der Waals surface area contributed by atoms with Crippen LogP contribution in [0.25, 0.3) is 0 Å². The van der Waals surface area contributed by atoms with Crippen molar-refractivity contribution in [2.45, 2.75) is 19.3 Å². The minimum absolute atomic E-state index is 0. The highest BCUT2D eigenvalue weighted by molar-refractivity contribution is 7.89. The van der Waals surface area contributed by atoms with Gasteiger partial charge in [0.2, 0.25) is 10.0 Å². The molecule has 0 bridgehead atoms. The van der Waals surface area contributed by atoms with Crippen LogP contribution in [0, 0.1) is 11.3 Å². The van der Waals surface area contributed by atoms with Crippen molar-refractivity contribution in [3.8, 4) is 0 Å². The van der Waals surface area contributed by atoms with Crippen LogP contribution in [0.1, 0.15) is 19.3 Å². The van der Waals surface area contributed by atoms with Gasteiger partial charge in [0.15, 0.2) is 0 Å². The topological polar surface area (TPSA) is 58.2 Å². The number of halogens is 1. The summed E-state index contributed by atoms with van der Waals surface area (Å²) >= 11 is 0. The molecule has 1 spiro atoms. The number of sulfonamides is 1. The Labute approximate surface area is 97.7 Å². The highest BCUT2D eigenvalue weighted by Crippen LogP contribution is 2.49. The van der Waals surface area contributed by atoms with E-state index in [2.05, 4.69) is 10.0 Å². The van der Waals surface area contributed by atoms with E-state index in [1.165, 1.54) is 26.3 Å². The summed E-state index contributed by atoms with van der Waals surface area (Å²) in [4.78, 5) is 0. The van der Waals surface area contributed by atoms with Crippen LogP contribution >= 0.6 is 12.4 Å². The fraction of sp³-hybridized carbons (Fsp3) is 1.00. The van der Waals surface area contributed by atoms with Crippen molar-refractivity contribution >= 4 is 22.4 Å². The lowest BCUT2D eigenvalue weighted by atomic mass is 9.63. The predicted molar refractivity (Wildman–Crippen MR) is 62.7 cm³/mol. The lowest BCUT2D eigenvalue weighted by Gasteiger charge is -2.42. The summed E-state index contributed by atoms with van der Waals surface area (Å²) in [5.41, 5.74) is 0.309. The lowest BCUT2D eigenvalue weighted by Crippen LogP contribution is -2.41. The second-order valence-electron chi connectivity index (χ2n) is 4.53. The Bertz CT molecular complexity index is 314. The molecule has 90 valence electrons. The summed E-state index contributed by atoms with van der Waals surface area (Å²) in [7, 11) is -1.55. The maximum atomic E-state index is 11.4. The normalized spacial score (nSPS) is 28.5. The van der Waals surface area contributed by atoms with Crippen molar-refractivity contribution < 1.29 is 8.42 Å². The monoisotopic (exact) mass is 254 g/mol. The molecule has 1 unspecified atom stereocenters. The standard InChI is InChI=1S/C9H18N2O2S.ClH/c1-10-14(12,13)6-8-5-11-7-9(8)3-2-4-9;/h8,10-11H,2-7H2,1H3;1H. The van der Waals surface area contributed by atoms with E-state index in [4.69, 9.17) is 0 Å². The van der Waals surface area contributed by atoms with Crippen LogP contribution < -0.4 is 10.0 Å². The maximum Gasteiger partial charge on any atom is 0.211 e. The molecule has 2 rings (SSSR count). The molecule has 0 aromatic rings. The van der Waals surface area contributed by atoms with Crippen molar-refractivity contribution in [2.24, 2.45) is 11.3 Å². The zero-order chi connectivity index (χ0) is 10.2. The molecule has 2 aliphatic rings. The fourth-order valence-electron chi connectivity index (χ4n) is 2.66. The molecule has 1 saturated heterocycles. The first-order chi connectivity index (χ1) is 6.58. The molecule has 15 heavy (non-hydrogen) atoms. The van der Waals surface area contributed by atoms with Crippen LogP contribution in [0.5, 0.6) is 0 Å². The van der Waals surface area contributed by atoms with Crippen LogP contribution in [0.4, 0.5) is 0 Å². The van der Waals surface area contributed by atoms with Gasteiger partial charge in [0.1, 0.15) is 0 Å². The molecular weight excluding hydrogens is 236 g/mol. The Morgan fingerprint density at radius 1 is 1.47 bits per heavy atom. The van der Waals surface area contributed by atoms with Crippen LogP contribution in [0.2, 0.25) is 0 Å². The summed E-state index contributed by atoms with van der Waals surface area (Å²) in [6, 6.07) is 0. The molecule has 0 amide bonds. The second kappa shape index (κ2) is 4.57. The molecule has 1 saturated carbocycles. The van der Waals surface area contributed by atoms with E-state index in [9.17, 15) is 8.42 Å². The van der Waals surface area contributed by atoms with Crippen LogP contribution in [0.15, 0.2) is 0 Å². The van der Waals surface area contributed by atoms with Gasteiger partial charge in [-0.25, -0.2) is 13.1 Å². The summed E-state index contributed by atoms with van der Waals surface area (Å²) < 4.78 is 25.3. The Hall–Kier alpha value is 0.160. The Kier molecular flexibility index (Phi) is 4.03. The van der Waals surface area contributed by atoms with E-state index in [1.807, 2.05) is 0 Å². The molecule has 0 aromatic carbocycles. The quantitative estimate of drug-likeness (QED) is 0.764. The molecule has 2 N–H and O–H groups in total. The SMILES string of the molecule is CNS(=O)(=O)CC1CNCC12CCC2.Cl. The smallest absolute Gasteiger partial charge is 0.211 e. The zero-order valence-corrected chi connectivity index (χ0v) is 10.6. The molecule has 2 fully saturated rings. The minimum Gasteiger partial charge on any atom is -0.316 e. The molecule has 1 aliphatic carbocycles. The molecule has 1 heterocycles. The van der Waals surface area contributed by atoms with Gasteiger partial charge in [-0.2, -0.15) is 0 Å². The maximum absolute atomic E-state index is 11.4. The van der Waals surface area contributed by atoms with E-state index in [-0.39, 0.29) is 18.2 Å². The van der Waals surface area contributed by atoms with Gasteiger partial charge in [-0.05, 0) is 37.8 Å². The van der Waals surface area contributed by atoms with E-state index in [1.54, 1.807) is 0 Å². The molecule has 0 aromatic heterocycles. The Balaban J connectivity index is 0.00000112. The lowest BCUT2D eigenvalue weighted by molar-refractivity contribution is 0.110. The van der Waals surface area contributed by atoms with Crippen molar-refractivity contribution in [1.29, 1.82) is 0 Å². The molecule has 1 atom stereocenters. The number of nitrogens with one attached hydrogen (secondary N) is 2. The molecular formula is C9H19ClN2O2S. The Morgan fingerprint density at radius 2 is 2.13 bits per heavy atom. The third kappa shape index (κ3) is 2.46. The summed E-state index contributed by atoms with van der Waals surface area (Å²) in [5, 5.41) is 3.32. The fourth-order valence-corrected chi connectivity index (χ4v) is 3.82. The minimum atomic E-state index is -3.04. The largest absolute Gasteiger partial charge is 0.316 e. The van der Waals surface area contributed by atoms with E-state index in [0.717, 1.165) is 13.1 Å². The summed E-state index contributed by atoms with van der Waals surface area (Å²) in [5.74, 6) is 0.602. The average Bonchev–Trinajstić information content (AvgIpc) is 2.46. The van der Waals surface area contributed by atoms with E-state index in [0.29, 0.717) is 11.3 Å². The highest BCUT2D eigenvalue weighted by atomic mass is 35.5. The first-order valence-electron chi connectivity index (χ1n) is 5.20. The molecule has 0 radical (unpaired) electrons. The second-order valence-corrected chi connectivity index (χ2v) is 6.50. The number of hydrogen-bond acceptors (Lipinski definition) is 3. The van der Waals surface area contributed by atoms with Gasteiger partial charge in [-0.3, -0.25) is 0 Å². The van der Waals surface area contributed by atoms with Gasteiger partial charge in [0.25, 0.3) is 0 Å². The summed E-state index contributed by atoms with van der Waals surface area (Å²) in [6.07, 6.45) is 3.66. The van der Waals surface area contributed by atoms with Crippen molar-refractivity contribution in [3.05, 3.63) is 0 Å². The van der Waals surface area contributed by atoms with E-state index < -0.39 is 10.0 Å². The van der Waals surface area contributed by atoms with Gasteiger partial charge < -0.3 is 5.32 Å². The van der Waals surface area contributed by atoms with Crippen LogP contribution in [-0.2, 0) is 10.0 Å². The molecule has 6 heteroatoms. The molecule has 4 nitrogen and oxygen atoms in total. The van der Waals surface area contributed by atoms with Crippen molar-refractivity contribution in [1.82, 2.24) is 10.0 Å². The van der Waals surface area contributed by atoms with Crippen molar-refractivity contribution in [3.63, 3.8) is 0 Å². The van der Waals surface area contributed by atoms with Crippen LogP contribution in [0.3, 0.4) is 0 Å². The first kappa shape index (κ1) is 13.2. The number of hydrogen-bond donors (Lipinski definition) is 2. The molecule has 1 aliphatic heterocycles. The third-order valence-corrected chi connectivity index (χ3v) is 5.28. The van der Waals surface area contributed by atoms with Crippen molar-refractivity contribution in [2.75, 3.05) is 25.9 Å². The highest BCUT2D eigenvalue weighted by Gasteiger charge is 2.48. The zero-order valence-electron chi connectivity index (χ0n) is 8.95. The summed E-state index contributed by atoms with van der Waals surface area (Å²) in [6.45, 7) is 1.87. The third-order valence-electron chi connectivity index (χ3n) is 3.81. The van der Waals surface area contributed by atoms with Gasteiger partial charge in [0, 0.05) is 6.54 Å². The van der Waals surface area contributed by atoms with Gasteiger partial charge >= 0.3 is 0 Å². The average molecular weight is 255 g/mol. The Morgan fingerprint density at radius 3 is 2.60 bits per heavy atom.